The van der Waals surface area contributed by atoms with E-state index in [0.717, 1.165) is 12.8 Å². The van der Waals surface area contributed by atoms with Gasteiger partial charge >= 0.3 is 0 Å². The van der Waals surface area contributed by atoms with Gasteiger partial charge in [-0.25, -0.2) is 0 Å². The van der Waals surface area contributed by atoms with Gasteiger partial charge in [0, 0.05) is 0 Å². The fraction of sp³-hybridized carbons (Fsp3) is 0.846. The molecule has 0 bridgehead atoms. The topological polar surface area (TPSA) is 40.5 Å². The highest BCUT2D eigenvalue weighted by atomic mass is 16.3. The Bertz CT molecular complexity index is 231. The third-order valence-electron chi connectivity index (χ3n) is 3.52. The van der Waals surface area contributed by atoms with E-state index in [0.29, 0.717) is 11.8 Å². The van der Waals surface area contributed by atoms with Crippen LogP contribution in [0.4, 0.5) is 0 Å². The van der Waals surface area contributed by atoms with E-state index in [1.807, 2.05) is 6.08 Å². The molecule has 1 aliphatic rings. The van der Waals surface area contributed by atoms with E-state index in [2.05, 4.69) is 26.8 Å². The molecule has 0 radical (unpaired) electrons. The lowest BCUT2D eigenvalue weighted by Crippen LogP contribution is -2.38. The molecular formula is C13H24O2. The Morgan fingerprint density at radius 3 is 2.47 bits per heavy atom. The zero-order chi connectivity index (χ0) is 11.6. The lowest BCUT2D eigenvalue weighted by Gasteiger charge is -2.43. The van der Waals surface area contributed by atoms with E-state index < -0.39 is 0 Å². The second-order valence-corrected chi connectivity index (χ2v) is 5.71. The average molecular weight is 212 g/mol. The van der Waals surface area contributed by atoms with Gasteiger partial charge in [-0.05, 0) is 37.0 Å². The molecule has 88 valence electrons. The molecule has 1 rings (SSSR count). The quantitative estimate of drug-likeness (QED) is 0.690. The first-order chi connectivity index (χ1) is 6.83. The number of aliphatic hydroxyl groups excluding tert-OH is 2. The lowest BCUT2D eigenvalue weighted by molar-refractivity contribution is 0.00742. The van der Waals surface area contributed by atoms with Crippen LogP contribution < -0.4 is 0 Å². The van der Waals surface area contributed by atoms with Crippen LogP contribution in [0.25, 0.3) is 0 Å². The highest BCUT2D eigenvalue weighted by Crippen LogP contribution is 2.44. The summed E-state index contributed by atoms with van der Waals surface area (Å²) in [5, 5.41) is 19.0. The number of rotatable bonds is 2. The van der Waals surface area contributed by atoms with Crippen LogP contribution in [0.1, 0.15) is 40.5 Å². The van der Waals surface area contributed by atoms with Crippen molar-refractivity contribution >= 4 is 0 Å². The minimum Gasteiger partial charge on any atom is -0.393 e. The van der Waals surface area contributed by atoms with Crippen LogP contribution in [0.3, 0.4) is 0 Å². The van der Waals surface area contributed by atoms with Crippen molar-refractivity contribution in [2.75, 3.05) is 0 Å². The Morgan fingerprint density at radius 1 is 1.40 bits per heavy atom. The molecule has 0 saturated heterocycles. The van der Waals surface area contributed by atoms with Crippen LogP contribution in [0.5, 0.6) is 0 Å². The van der Waals surface area contributed by atoms with Crippen LogP contribution in [0.15, 0.2) is 12.2 Å². The Kier molecular flexibility index (Phi) is 3.96. The molecule has 0 aromatic rings. The van der Waals surface area contributed by atoms with Crippen molar-refractivity contribution in [1.29, 1.82) is 0 Å². The molecule has 0 aromatic heterocycles. The van der Waals surface area contributed by atoms with Gasteiger partial charge in [0.1, 0.15) is 0 Å². The minimum absolute atomic E-state index is 0.127. The van der Waals surface area contributed by atoms with Crippen LogP contribution in [0, 0.1) is 17.3 Å². The normalized spacial score (nSPS) is 38.1. The van der Waals surface area contributed by atoms with Gasteiger partial charge in [-0.1, -0.05) is 32.9 Å². The standard InChI is InChI=1S/C13H24O2/c1-9-7-11(15)8-13(3,4)12(9)6-5-10(2)14/h5-6,9-12,14-15H,7-8H2,1-4H3/b6-5+. The lowest BCUT2D eigenvalue weighted by atomic mass is 9.63. The van der Waals surface area contributed by atoms with Crippen molar-refractivity contribution in [1.82, 2.24) is 0 Å². The molecule has 2 N–H and O–H groups in total. The third kappa shape index (κ3) is 3.32. The third-order valence-corrected chi connectivity index (χ3v) is 3.52. The Labute approximate surface area is 93.0 Å². The Morgan fingerprint density at radius 2 is 2.00 bits per heavy atom. The molecule has 0 amide bonds. The maximum atomic E-state index is 9.74. The molecule has 4 unspecified atom stereocenters. The van der Waals surface area contributed by atoms with Crippen LogP contribution >= 0.6 is 0 Å². The average Bonchev–Trinajstić information content (AvgIpc) is 1.98. The van der Waals surface area contributed by atoms with E-state index in [-0.39, 0.29) is 17.6 Å². The fourth-order valence-corrected chi connectivity index (χ4v) is 2.90. The molecule has 4 atom stereocenters. The fourth-order valence-electron chi connectivity index (χ4n) is 2.90. The Hall–Kier alpha value is -0.340. The smallest absolute Gasteiger partial charge is 0.0692 e. The highest BCUT2D eigenvalue weighted by Gasteiger charge is 2.38. The zero-order valence-corrected chi connectivity index (χ0v) is 10.3. The van der Waals surface area contributed by atoms with E-state index in [1.54, 1.807) is 6.92 Å². The zero-order valence-electron chi connectivity index (χ0n) is 10.3. The number of aliphatic hydroxyl groups is 2. The molecule has 0 spiro atoms. The molecule has 2 nitrogen and oxygen atoms in total. The largest absolute Gasteiger partial charge is 0.393 e. The highest BCUT2D eigenvalue weighted by molar-refractivity contribution is 5.02. The summed E-state index contributed by atoms with van der Waals surface area (Å²) in [5.41, 5.74) is 0.127. The van der Waals surface area contributed by atoms with Gasteiger partial charge < -0.3 is 10.2 Å². The summed E-state index contributed by atoms with van der Waals surface area (Å²) < 4.78 is 0. The van der Waals surface area contributed by atoms with Gasteiger partial charge in [0.05, 0.1) is 12.2 Å². The van der Waals surface area contributed by atoms with Crippen molar-refractivity contribution < 1.29 is 10.2 Å². The van der Waals surface area contributed by atoms with E-state index in [1.165, 1.54) is 0 Å². The van der Waals surface area contributed by atoms with Crippen LogP contribution in [-0.4, -0.2) is 22.4 Å². The number of hydrogen-bond donors (Lipinski definition) is 2. The van der Waals surface area contributed by atoms with Gasteiger partial charge in [-0.3, -0.25) is 0 Å². The summed E-state index contributed by atoms with van der Waals surface area (Å²) in [6.07, 6.45) is 5.18. The second kappa shape index (κ2) is 4.67. The van der Waals surface area contributed by atoms with Gasteiger partial charge in [0.25, 0.3) is 0 Å². The second-order valence-electron chi connectivity index (χ2n) is 5.71. The summed E-state index contributed by atoms with van der Waals surface area (Å²) in [6.45, 7) is 8.35. The van der Waals surface area contributed by atoms with Crippen molar-refractivity contribution in [2.45, 2.75) is 52.7 Å². The molecule has 1 saturated carbocycles. The van der Waals surface area contributed by atoms with Gasteiger partial charge in [-0.15, -0.1) is 0 Å². The number of allylic oxidation sites excluding steroid dienone is 1. The van der Waals surface area contributed by atoms with Crippen molar-refractivity contribution in [3.63, 3.8) is 0 Å². The predicted molar refractivity (Wildman–Crippen MR) is 62.5 cm³/mol. The summed E-state index contributed by atoms with van der Waals surface area (Å²) in [5.74, 6) is 0.939. The van der Waals surface area contributed by atoms with Gasteiger partial charge in [0.15, 0.2) is 0 Å². The SMILES string of the molecule is CC(O)/C=C/C1C(C)CC(O)CC1(C)C. The minimum atomic E-state index is -0.375. The Balaban J connectivity index is 2.76. The molecule has 15 heavy (non-hydrogen) atoms. The molecule has 0 heterocycles. The summed E-state index contributed by atoms with van der Waals surface area (Å²) in [4.78, 5) is 0. The van der Waals surface area contributed by atoms with Crippen LogP contribution in [0.2, 0.25) is 0 Å². The van der Waals surface area contributed by atoms with Gasteiger partial charge in [0.2, 0.25) is 0 Å². The maximum absolute atomic E-state index is 9.74. The summed E-state index contributed by atoms with van der Waals surface area (Å²) in [7, 11) is 0. The maximum Gasteiger partial charge on any atom is 0.0692 e. The van der Waals surface area contributed by atoms with Crippen molar-refractivity contribution in [2.24, 2.45) is 17.3 Å². The van der Waals surface area contributed by atoms with Crippen molar-refractivity contribution in [3.05, 3.63) is 12.2 Å². The summed E-state index contributed by atoms with van der Waals surface area (Å²) >= 11 is 0. The van der Waals surface area contributed by atoms with E-state index in [4.69, 9.17) is 0 Å². The predicted octanol–water partition coefficient (Wildman–Crippen LogP) is 2.36. The molecule has 1 aliphatic carbocycles. The first kappa shape index (κ1) is 12.7. The van der Waals surface area contributed by atoms with Gasteiger partial charge in [-0.2, -0.15) is 0 Å². The molecule has 2 heteroatoms. The van der Waals surface area contributed by atoms with Crippen LogP contribution in [-0.2, 0) is 0 Å². The molecule has 0 aliphatic heterocycles. The summed E-state index contributed by atoms with van der Waals surface area (Å²) in [6, 6.07) is 0. The molecule has 1 fully saturated rings. The van der Waals surface area contributed by atoms with Crippen molar-refractivity contribution in [3.8, 4) is 0 Å². The van der Waals surface area contributed by atoms with E-state index >= 15 is 0 Å². The number of hydrogen-bond acceptors (Lipinski definition) is 2. The molecular weight excluding hydrogens is 188 g/mol. The first-order valence-corrected chi connectivity index (χ1v) is 5.87. The first-order valence-electron chi connectivity index (χ1n) is 5.87. The monoisotopic (exact) mass is 212 g/mol. The molecule has 0 aromatic carbocycles. The van der Waals surface area contributed by atoms with E-state index in [9.17, 15) is 10.2 Å².